The molecule has 34 N–H and O–H groups in total. The molecular formula is C24H73N6O52P15. The average molecular weight is 1740 g/mol. The van der Waals surface area contributed by atoms with Crippen LogP contribution in [0.3, 0.4) is 0 Å². The predicted molar refractivity (Wildman–Crippen MR) is 315 cm³/mol. The van der Waals surface area contributed by atoms with E-state index in [0.717, 1.165) is 0 Å². The van der Waals surface area contributed by atoms with Gasteiger partial charge in [-0.05, 0) is 13.3 Å². The van der Waals surface area contributed by atoms with Crippen LogP contribution in [0.4, 0.5) is 0 Å². The van der Waals surface area contributed by atoms with Crippen LogP contribution in [-0.2, 0) is 82.9 Å². The van der Waals surface area contributed by atoms with Gasteiger partial charge in [0.2, 0.25) is 0 Å². The summed E-state index contributed by atoms with van der Waals surface area (Å²) in [5, 5.41) is 28.1. The number of hydrogen-bond donors (Lipinski definition) is 34. The molecule has 0 spiro atoms. The van der Waals surface area contributed by atoms with E-state index in [1.807, 2.05) is 0 Å². The van der Waals surface area contributed by atoms with E-state index >= 15 is 0 Å². The SMILES string of the molecule is CC(O)(P(=O)(O)O)P(=O)(O)O.O=C(O)CCC(CC(=O)O)(C(=O)O)P(=O)(O)O.O=P(O)(O)CN(CN(CP(=O)(O)O)CP(=O)(O)O)CN(CP(=O)(O)O)CP(=O)(O)O.O=P(O)(O)CN(CN(CP(=O)(O)O)CP(=O)(O)O)CP(=O)(O)O.O=P(O)(O)CN(CP(=O)(O)O)CP(=O)(O)O. The molecule has 73 heteroatoms. The second-order valence-corrected chi connectivity index (χ2v) is 45.1. The van der Waals surface area contributed by atoms with Crippen molar-refractivity contribution < 1.29 is 250 Å². The summed E-state index contributed by atoms with van der Waals surface area (Å²) in [5.41, 5.74) is 0. The van der Waals surface area contributed by atoms with E-state index in [4.69, 9.17) is 167 Å². The van der Waals surface area contributed by atoms with Crippen LogP contribution >= 0.6 is 114 Å². The number of rotatable bonds is 39. The molecule has 0 aliphatic heterocycles. The monoisotopic (exact) mass is 1740 g/mol. The molecule has 0 bridgehead atoms. The zero-order chi connectivity index (χ0) is 79.4. The third kappa shape index (κ3) is 63.4. The molecule has 0 heterocycles. The number of nitrogens with zero attached hydrogens (tertiary/aromatic N) is 6. The van der Waals surface area contributed by atoms with Crippen LogP contribution in [0.15, 0.2) is 0 Å². The summed E-state index contributed by atoms with van der Waals surface area (Å²) in [6, 6.07) is 0. The van der Waals surface area contributed by atoms with Crippen LogP contribution < -0.4 is 0 Å². The predicted octanol–water partition coefficient (Wildman–Crippen LogP) is -7.40. The Hall–Kier alpha value is 0.380. The van der Waals surface area contributed by atoms with Crippen molar-refractivity contribution in [1.82, 2.24) is 29.4 Å². The van der Waals surface area contributed by atoms with Gasteiger partial charge in [-0.2, -0.15) is 0 Å². The van der Waals surface area contributed by atoms with Gasteiger partial charge in [-0.25, -0.2) is 0 Å². The molecule has 586 valence electrons. The van der Waals surface area contributed by atoms with Gasteiger partial charge in [-0.1, -0.05) is 0 Å². The van der Waals surface area contributed by atoms with Crippen LogP contribution in [-0.4, -0.2) is 320 Å². The van der Waals surface area contributed by atoms with Gasteiger partial charge < -0.3 is 167 Å². The van der Waals surface area contributed by atoms with Crippen LogP contribution in [0, 0.1) is 0 Å². The first kappa shape index (κ1) is 106. The van der Waals surface area contributed by atoms with Gasteiger partial charge in [0, 0.05) is 6.42 Å². The molecule has 0 saturated carbocycles. The fourth-order valence-electron chi connectivity index (χ4n) is 6.16. The highest BCUT2D eigenvalue weighted by Gasteiger charge is 2.56. The van der Waals surface area contributed by atoms with Gasteiger partial charge in [0.1, 0.15) is 75.4 Å². The topological polar surface area (TPSA) is 1010 Å². The van der Waals surface area contributed by atoms with Gasteiger partial charge in [0.05, 0.1) is 26.4 Å². The average Bonchev–Trinajstić information content (AvgIpc) is 3.17. The zero-order valence-corrected chi connectivity index (χ0v) is 61.6. The number of carboxylic acids is 3. The number of hydrogen-bond acceptors (Lipinski definition) is 25. The Balaban J connectivity index is -0.000000378. The molecule has 1 unspecified atom stereocenters. The molecular weight excluding hydrogens is 1670 g/mol. The molecule has 0 aromatic rings. The van der Waals surface area contributed by atoms with Gasteiger partial charge >= 0.3 is 132 Å². The Bertz CT molecular complexity index is 3030. The maximum Gasteiger partial charge on any atom is 0.369 e. The molecule has 0 aliphatic carbocycles. The molecule has 0 aromatic carbocycles. The molecule has 0 saturated heterocycles. The van der Waals surface area contributed by atoms with E-state index in [2.05, 4.69) is 0 Å². The Morgan fingerprint density at radius 1 is 0.268 bits per heavy atom. The fourth-order valence-corrected chi connectivity index (χ4v) is 18.2. The van der Waals surface area contributed by atoms with Gasteiger partial charge in [0.15, 0.2) is 5.16 Å². The first-order chi connectivity index (χ1) is 41.6. The van der Waals surface area contributed by atoms with E-state index in [1.54, 1.807) is 0 Å². The van der Waals surface area contributed by atoms with Crippen molar-refractivity contribution in [2.45, 2.75) is 36.4 Å². The third-order valence-electron chi connectivity index (χ3n) is 9.07. The lowest BCUT2D eigenvalue weighted by molar-refractivity contribution is -0.148. The van der Waals surface area contributed by atoms with E-state index in [1.165, 1.54) is 0 Å². The molecule has 97 heavy (non-hydrogen) atoms. The summed E-state index contributed by atoms with van der Waals surface area (Å²) in [5.74, 6) is -5.25. The molecule has 0 amide bonds. The first-order valence-corrected chi connectivity index (χ1v) is 49.5. The van der Waals surface area contributed by atoms with Gasteiger partial charge in [0.25, 0.3) is 5.08 Å². The van der Waals surface area contributed by atoms with Crippen LogP contribution in [0.1, 0.15) is 26.2 Å². The standard InChI is InChI=1S/C7H24N3O15P5.C7H11O9P.C5H18N2O12P4.C3H12NO9P3.C2H8O7P2/c11-26(12,13)3-8(1-9(4-27(14,15)16)5-28(17,18)19)2-10(6-29(20,21)22)7-30(23,24)25;8-4(9)1-2-7(6(12)13,3-5(10)11)17(14,15)16;8-20(9,10)2-6(3-21(11,12)13)1-7(4-22(14,15)16)5-23(17,18)19;5-14(6,7)1-4(2-15(8,9)10)3-16(11,12)13;1-2(3,10(4,5)6)11(7,8)9/h1-7H2,(H2,11,12,13)(H2,14,15,16)(H2,17,18,19)(H2,20,21,22)(H2,23,24,25);1-3H2,(H,8,9)(H,10,11)(H,12,13)(H2,14,15,16);1-5H2,(H2,8,9,10)(H2,11,12,13)(H2,14,15,16)(H2,17,18,19);1-3H2,(H2,5,6,7)(H2,8,9,10)(H2,11,12,13);3H,1H3,(H2,4,5,6)(H2,7,8,9). The van der Waals surface area contributed by atoms with Crippen molar-refractivity contribution in [3.05, 3.63) is 0 Å². The van der Waals surface area contributed by atoms with Gasteiger partial charge in [-0.15, -0.1) is 0 Å². The smallest absolute Gasteiger partial charge is 0.369 e. The van der Waals surface area contributed by atoms with E-state index in [9.17, 15) is 82.9 Å². The third-order valence-corrected chi connectivity index (χ3v) is 23.7. The zero-order valence-electron chi connectivity index (χ0n) is 48.2. The minimum Gasteiger partial charge on any atom is -0.481 e. The number of aliphatic carboxylic acids is 3. The highest BCUT2D eigenvalue weighted by Crippen LogP contribution is 2.67. The lowest BCUT2D eigenvalue weighted by atomic mass is 9.98. The maximum absolute atomic E-state index is 11.3. The molecule has 58 nitrogen and oxygen atoms in total. The summed E-state index contributed by atoms with van der Waals surface area (Å²) in [6.45, 7) is -2.40. The van der Waals surface area contributed by atoms with E-state index in [-0.39, 0.29) is 0 Å². The Labute approximate surface area is 541 Å². The minimum atomic E-state index is -5.32. The Kier molecular flexibility index (Phi) is 44.1. The highest BCUT2D eigenvalue weighted by molar-refractivity contribution is 7.72. The number of carboxylic acid groups (broad SMARTS) is 3. The van der Waals surface area contributed by atoms with Crippen molar-refractivity contribution in [3.63, 3.8) is 0 Å². The lowest BCUT2D eigenvalue weighted by Crippen LogP contribution is -2.45. The summed E-state index contributed by atoms with van der Waals surface area (Å²) < 4.78 is 163. The van der Waals surface area contributed by atoms with Gasteiger partial charge in [-0.3, -0.25) is 112 Å². The van der Waals surface area contributed by atoms with E-state index < -0.39 is 257 Å². The van der Waals surface area contributed by atoms with Crippen molar-refractivity contribution >= 4 is 132 Å². The first-order valence-electron chi connectivity index (χ1n) is 23.1. The molecule has 0 radical (unpaired) electrons. The normalized spacial score (nSPS) is 14.8. The summed E-state index contributed by atoms with van der Waals surface area (Å²) in [4.78, 5) is 298. The van der Waals surface area contributed by atoms with Crippen LogP contribution in [0.25, 0.3) is 0 Å². The van der Waals surface area contributed by atoms with Crippen LogP contribution in [0.2, 0.25) is 0 Å². The number of aliphatic hydroxyl groups is 1. The van der Waals surface area contributed by atoms with Crippen molar-refractivity contribution in [2.75, 3.05) is 95.4 Å². The highest BCUT2D eigenvalue weighted by atomic mass is 31.2. The number of carbonyl (C=O) groups is 3. The quantitative estimate of drug-likeness (QED) is 0.0201. The summed E-state index contributed by atoms with van der Waals surface area (Å²) in [7, 11) is -73.5. The second kappa shape index (κ2) is 40.4. The summed E-state index contributed by atoms with van der Waals surface area (Å²) in [6.07, 6.45) is -17.6. The minimum absolute atomic E-state index is 0.336. The largest absolute Gasteiger partial charge is 0.481 e. The molecule has 0 aliphatic rings. The van der Waals surface area contributed by atoms with Crippen molar-refractivity contribution in [3.8, 4) is 0 Å². The van der Waals surface area contributed by atoms with E-state index in [0.29, 0.717) is 36.3 Å². The lowest BCUT2D eigenvalue weighted by Gasteiger charge is -2.34. The molecule has 0 rings (SSSR count). The molecule has 1 atom stereocenters. The summed E-state index contributed by atoms with van der Waals surface area (Å²) >= 11 is 0. The van der Waals surface area contributed by atoms with Crippen molar-refractivity contribution in [2.24, 2.45) is 0 Å². The second-order valence-electron chi connectivity index (χ2n) is 19.5. The maximum atomic E-state index is 11.3. The fraction of sp³-hybridized carbons (Fsp3) is 0.875. The molecule has 0 aromatic heterocycles. The Morgan fingerprint density at radius 2 is 0.433 bits per heavy atom. The Morgan fingerprint density at radius 3 is 0.557 bits per heavy atom. The van der Waals surface area contributed by atoms with Crippen molar-refractivity contribution in [1.29, 1.82) is 0 Å². The molecule has 0 fully saturated rings. The van der Waals surface area contributed by atoms with Crippen LogP contribution in [0.5, 0.6) is 0 Å².